The minimum absolute atomic E-state index is 0.00432. The predicted octanol–water partition coefficient (Wildman–Crippen LogP) is 5.04. The lowest BCUT2D eigenvalue weighted by Crippen LogP contribution is -2.12. The summed E-state index contributed by atoms with van der Waals surface area (Å²) in [5, 5.41) is 3.47. The zero-order chi connectivity index (χ0) is 20.5. The highest BCUT2D eigenvalue weighted by Crippen LogP contribution is 2.35. The first-order chi connectivity index (χ1) is 13.1. The Morgan fingerprint density at radius 1 is 1.14 bits per heavy atom. The van der Waals surface area contributed by atoms with Gasteiger partial charge in [-0.2, -0.15) is 13.2 Å². The number of hydrogen-bond acceptors (Lipinski definition) is 2. The van der Waals surface area contributed by atoms with E-state index in [0.29, 0.717) is 24.2 Å². The maximum atomic E-state index is 13.6. The van der Waals surface area contributed by atoms with Crippen molar-refractivity contribution < 1.29 is 31.5 Å². The number of carbonyl (C=O) groups is 1. The van der Waals surface area contributed by atoms with E-state index in [1.165, 1.54) is 6.92 Å². The molecule has 0 aliphatic carbocycles. The van der Waals surface area contributed by atoms with Crippen LogP contribution in [0.2, 0.25) is 0 Å². The van der Waals surface area contributed by atoms with Crippen molar-refractivity contribution in [1.29, 1.82) is 0 Å². The molecule has 148 valence electrons. The molecule has 0 aliphatic heterocycles. The standard InChI is InChI=1S/C19H15F5N2O2/c1-10(27)26-17-9-25-16-3-2-11(6-13(16)17)4-5-28-12-7-14(20)18(15(21)8-12)19(22,23)24/h2-3,6-9,25H,4-5H2,1H3,(H,26,27). The van der Waals surface area contributed by atoms with Crippen molar-refractivity contribution in [3.05, 3.63) is 59.3 Å². The molecule has 28 heavy (non-hydrogen) atoms. The van der Waals surface area contributed by atoms with E-state index in [-0.39, 0.29) is 18.3 Å². The fraction of sp³-hybridized carbons (Fsp3) is 0.211. The number of alkyl halides is 3. The molecule has 0 bridgehead atoms. The summed E-state index contributed by atoms with van der Waals surface area (Å²) in [6.45, 7) is 1.38. The fourth-order valence-corrected chi connectivity index (χ4v) is 2.81. The van der Waals surface area contributed by atoms with Crippen molar-refractivity contribution in [3.8, 4) is 5.75 Å². The monoisotopic (exact) mass is 398 g/mol. The average Bonchev–Trinajstić information content (AvgIpc) is 2.94. The molecule has 0 aliphatic rings. The zero-order valence-electron chi connectivity index (χ0n) is 14.6. The summed E-state index contributed by atoms with van der Waals surface area (Å²) in [6.07, 6.45) is -3.13. The van der Waals surface area contributed by atoms with Crippen LogP contribution in [-0.4, -0.2) is 17.5 Å². The minimum atomic E-state index is -5.12. The Morgan fingerprint density at radius 3 is 2.43 bits per heavy atom. The third-order valence-corrected chi connectivity index (χ3v) is 4.02. The van der Waals surface area contributed by atoms with Crippen LogP contribution >= 0.6 is 0 Å². The van der Waals surface area contributed by atoms with Gasteiger partial charge < -0.3 is 15.0 Å². The molecule has 2 aromatic carbocycles. The van der Waals surface area contributed by atoms with E-state index >= 15 is 0 Å². The Labute approximate surface area is 156 Å². The van der Waals surface area contributed by atoms with Gasteiger partial charge in [0, 0.05) is 42.6 Å². The summed E-state index contributed by atoms with van der Waals surface area (Å²) in [4.78, 5) is 14.2. The molecule has 0 atom stereocenters. The highest BCUT2D eigenvalue weighted by atomic mass is 19.4. The molecule has 0 saturated heterocycles. The van der Waals surface area contributed by atoms with Crippen LogP contribution in [0.1, 0.15) is 18.1 Å². The zero-order valence-corrected chi connectivity index (χ0v) is 14.6. The summed E-state index contributed by atoms with van der Waals surface area (Å²) < 4.78 is 70.1. The number of amides is 1. The number of anilines is 1. The van der Waals surface area contributed by atoms with E-state index in [2.05, 4.69) is 10.3 Å². The maximum absolute atomic E-state index is 13.6. The van der Waals surface area contributed by atoms with Crippen LogP contribution in [0, 0.1) is 11.6 Å². The van der Waals surface area contributed by atoms with E-state index in [1.54, 1.807) is 18.3 Å². The maximum Gasteiger partial charge on any atom is 0.422 e. The Morgan fingerprint density at radius 2 is 1.82 bits per heavy atom. The molecule has 0 saturated carbocycles. The molecule has 1 amide bonds. The van der Waals surface area contributed by atoms with Gasteiger partial charge in [-0.05, 0) is 17.7 Å². The van der Waals surface area contributed by atoms with Crippen molar-refractivity contribution in [2.75, 3.05) is 11.9 Å². The Bertz CT molecular complexity index is 1000. The van der Waals surface area contributed by atoms with Crippen LogP contribution in [0.15, 0.2) is 36.5 Å². The first-order valence-electron chi connectivity index (χ1n) is 8.22. The van der Waals surface area contributed by atoms with Gasteiger partial charge in [-0.3, -0.25) is 4.79 Å². The number of carbonyl (C=O) groups excluding carboxylic acids is 1. The first kappa shape index (κ1) is 19.7. The van der Waals surface area contributed by atoms with E-state index in [4.69, 9.17) is 4.74 Å². The number of aromatic nitrogens is 1. The van der Waals surface area contributed by atoms with Crippen molar-refractivity contribution >= 4 is 22.5 Å². The van der Waals surface area contributed by atoms with Crippen molar-refractivity contribution in [3.63, 3.8) is 0 Å². The van der Waals surface area contributed by atoms with Crippen molar-refractivity contribution in [2.45, 2.75) is 19.5 Å². The second-order valence-electron chi connectivity index (χ2n) is 6.12. The van der Waals surface area contributed by atoms with Crippen LogP contribution in [0.5, 0.6) is 5.75 Å². The highest BCUT2D eigenvalue weighted by molar-refractivity contribution is 6.01. The van der Waals surface area contributed by atoms with Crippen LogP contribution < -0.4 is 10.1 Å². The quantitative estimate of drug-likeness (QED) is 0.592. The van der Waals surface area contributed by atoms with E-state index < -0.39 is 23.4 Å². The fourth-order valence-electron chi connectivity index (χ4n) is 2.81. The molecule has 0 radical (unpaired) electrons. The van der Waals surface area contributed by atoms with Crippen LogP contribution in [0.25, 0.3) is 10.9 Å². The smallest absolute Gasteiger partial charge is 0.422 e. The average molecular weight is 398 g/mol. The lowest BCUT2D eigenvalue weighted by molar-refractivity contribution is -0.142. The number of benzene rings is 2. The molecule has 2 N–H and O–H groups in total. The summed E-state index contributed by atoms with van der Waals surface area (Å²) >= 11 is 0. The SMILES string of the molecule is CC(=O)Nc1c[nH]c2ccc(CCOc3cc(F)c(C(F)(F)F)c(F)c3)cc12. The molecule has 0 unspecified atom stereocenters. The van der Waals surface area contributed by atoms with E-state index in [9.17, 15) is 26.7 Å². The molecular formula is C19H15F5N2O2. The number of ether oxygens (including phenoxy) is 1. The topological polar surface area (TPSA) is 54.1 Å². The van der Waals surface area contributed by atoms with Gasteiger partial charge in [0.1, 0.15) is 22.9 Å². The largest absolute Gasteiger partial charge is 0.493 e. The number of hydrogen-bond donors (Lipinski definition) is 2. The lowest BCUT2D eigenvalue weighted by atomic mass is 10.1. The Kier molecular flexibility index (Phi) is 5.26. The number of halogens is 5. The molecular weight excluding hydrogens is 383 g/mol. The molecule has 1 heterocycles. The normalized spacial score (nSPS) is 11.6. The van der Waals surface area contributed by atoms with Gasteiger partial charge in [-0.25, -0.2) is 8.78 Å². The molecule has 3 rings (SSSR count). The Hall–Kier alpha value is -3.10. The van der Waals surface area contributed by atoms with Gasteiger partial charge in [0.15, 0.2) is 0 Å². The number of fused-ring (bicyclic) bond motifs is 1. The van der Waals surface area contributed by atoms with E-state index in [1.807, 2.05) is 6.07 Å². The van der Waals surface area contributed by atoms with Gasteiger partial charge in [0.2, 0.25) is 5.91 Å². The van der Waals surface area contributed by atoms with Crippen LogP contribution in [0.3, 0.4) is 0 Å². The number of rotatable bonds is 5. The van der Waals surface area contributed by atoms with Gasteiger partial charge in [0.25, 0.3) is 0 Å². The summed E-state index contributed by atoms with van der Waals surface area (Å²) in [6, 6.07) is 6.43. The number of aromatic amines is 1. The van der Waals surface area contributed by atoms with Gasteiger partial charge in [-0.1, -0.05) is 6.07 Å². The lowest BCUT2D eigenvalue weighted by Gasteiger charge is -2.12. The summed E-state index contributed by atoms with van der Waals surface area (Å²) in [5.41, 5.74) is 0.285. The van der Waals surface area contributed by atoms with E-state index in [0.717, 1.165) is 16.5 Å². The highest BCUT2D eigenvalue weighted by Gasteiger charge is 2.38. The second kappa shape index (κ2) is 7.49. The molecule has 3 aromatic rings. The predicted molar refractivity (Wildman–Crippen MR) is 93.2 cm³/mol. The molecule has 0 fully saturated rings. The molecule has 4 nitrogen and oxygen atoms in total. The van der Waals surface area contributed by atoms with Crippen LogP contribution in [-0.2, 0) is 17.4 Å². The molecule has 0 spiro atoms. The second-order valence-corrected chi connectivity index (χ2v) is 6.12. The minimum Gasteiger partial charge on any atom is -0.493 e. The molecule has 1 aromatic heterocycles. The Balaban J connectivity index is 1.70. The van der Waals surface area contributed by atoms with Gasteiger partial charge in [0.05, 0.1) is 12.3 Å². The van der Waals surface area contributed by atoms with Gasteiger partial charge >= 0.3 is 6.18 Å². The number of H-pyrrole nitrogens is 1. The first-order valence-corrected chi connectivity index (χ1v) is 8.22. The van der Waals surface area contributed by atoms with Crippen molar-refractivity contribution in [2.24, 2.45) is 0 Å². The summed E-state index contributed by atoms with van der Waals surface area (Å²) in [7, 11) is 0. The van der Waals surface area contributed by atoms with Crippen molar-refractivity contribution in [1.82, 2.24) is 4.98 Å². The summed E-state index contributed by atoms with van der Waals surface area (Å²) in [5.74, 6) is -4.00. The third-order valence-electron chi connectivity index (χ3n) is 4.02. The third kappa shape index (κ3) is 4.24. The van der Waals surface area contributed by atoms with Gasteiger partial charge in [-0.15, -0.1) is 0 Å². The number of nitrogens with one attached hydrogen (secondary N) is 2. The van der Waals surface area contributed by atoms with Crippen LogP contribution in [0.4, 0.5) is 27.6 Å². The molecule has 9 heteroatoms.